The zero-order chi connectivity index (χ0) is 21.3. The van der Waals surface area contributed by atoms with E-state index in [0.29, 0.717) is 22.1 Å². The Morgan fingerprint density at radius 1 is 0.967 bits per heavy atom. The summed E-state index contributed by atoms with van der Waals surface area (Å²) in [7, 11) is -1.42. The summed E-state index contributed by atoms with van der Waals surface area (Å²) in [5.74, 6) is 0.782. The van der Waals surface area contributed by atoms with Gasteiger partial charge in [-0.2, -0.15) is 5.26 Å². The summed E-state index contributed by atoms with van der Waals surface area (Å²) in [4.78, 5) is 0.555. The lowest BCUT2D eigenvalue weighted by atomic mass is 10.1. The van der Waals surface area contributed by atoms with E-state index in [2.05, 4.69) is 38.1 Å². The first-order valence-electron chi connectivity index (χ1n) is 10.0. The molecule has 3 rings (SSSR count). The minimum atomic E-state index is -1.42. The quantitative estimate of drug-likeness (QED) is 0.350. The van der Waals surface area contributed by atoms with Crippen LogP contribution in [0.5, 0.6) is 0 Å². The first-order chi connectivity index (χ1) is 14.6. The molecule has 3 aromatic rings. The van der Waals surface area contributed by atoms with Gasteiger partial charge in [0.05, 0.1) is 17.7 Å². The summed E-state index contributed by atoms with van der Waals surface area (Å²) < 4.78 is 21.1. The molecule has 30 heavy (non-hydrogen) atoms. The third kappa shape index (κ3) is 6.30. The summed E-state index contributed by atoms with van der Waals surface area (Å²) in [6, 6.07) is 27.3. The van der Waals surface area contributed by atoms with Crippen LogP contribution in [0.4, 0.5) is 4.39 Å². The maximum atomic E-state index is 14.3. The van der Waals surface area contributed by atoms with Crippen molar-refractivity contribution in [2.75, 3.05) is 5.75 Å². The second kappa shape index (κ2) is 11.1. The molecular weight excluding hydrogens is 409 g/mol. The highest BCUT2D eigenvalue weighted by Crippen LogP contribution is 2.26. The maximum Gasteiger partial charge on any atom is 0.283 e. The average Bonchev–Trinajstić information content (AvgIpc) is 2.77. The lowest BCUT2D eigenvalue weighted by molar-refractivity contribution is 0.205. The van der Waals surface area contributed by atoms with Gasteiger partial charge in [0.25, 0.3) is 9.04 Å². The van der Waals surface area contributed by atoms with E-state index in [9.17, 15) is 4.39 Å². The van der Waals surface area contributed by atoms with Crippen molar-refractivity contribution in [1.29, 1.82) is 5.26 Å². The molecule has 0 saturated carbocycles. The Labute approximate surface area is 184 Å². The van der Waals surface area contributed by atoms with Crippen LogP contribution in [-0.2, 0) is 4.43 Å². The topological polar surface area (TPSA) is 33.0 Å². The molecule has 1 atom stereocenters. The van der Waals surface area contributed by atoms with Gasteiger partial charge in [-0.15, -0.1) is 11.8 Å². The van der Waals surface area contributed by atoms with Crippen LogP contribution >= 0.6 is 11.8 Å². The Kier molecular flexibility index (Phi) is 8.27. The van der Waals surface area contributed by atoms with Crippen molar-refractivity contribution in [1.82, 2.24) is 0 Å². The van der Waals surface area contributed by atoms with Crippen molar-refractivity contribution >= 4 is 31.2 Å². The van der Waals surface area contributed by atoms with Gasteiger partial charge < -0.3 is 4.43 Å². The minimum absolute atomic E-state index is 0.000607. The van der Waals surface area contributed by atoms with E-state index in [1.54, 1.807) is 12.1 Å². The molecule has 153 valence electrons. The Morgan fingerprint density at radius 2 is 1.57 bits per heavy atom. The van der Waals surface area contributed by atoms with E-state index in [0.717, 1.165) is 6.42 Å². The zero-order valence-electron chi connectivity index (χ0n) is 17.2. The Morgan fingerprint density at radius 3 is 2.07 bits per heavy atom. The normalized spacial score (nSPS) is 12.1. The summed E-state index contributed by atoms with van der Waals surface area (Å²) in [6.45, 7) is 4.36. The Hall–Kier alpha value is -2.39. The molecular formula is C25H25FNOSSi. The number of benzene rings is 3. The fourth-order valence-electron chi connectivity index (χ4n) is 3.19. The number of halogens is 1. The Bertz CT molecular complexity index is 936. The van der Waals surface area contributed by atoms with Crippen LogP contribution in [0.25, 0.3) is 0 Å². The molecule has 0 bridgehead atoms. The summed E-state index contributed by atoms with van der Waals surface area (Å²) in [5.41, 5.74) is 0.338. The maximum absolute atomic E-state index is 14.3. The second-order valence-electron chi connectivity index (χ2n) is 7.50. The fourth-order valence-corrected chi connectivity index (χ4v) is 6.35. The van der Waals surface area contributed by atoms with Crippen molar-refractivity contribution in [3.63, 3.8) is 0 Å². The fraction of sp³-hybridized carbons (Fsp3) is 0.240. The molecule has 5 heteroatoms. The van der Waals surface area contributed by atoms with Crippen LogP contribution < -0.4 is 10.4 Å². The highest BCUT2D eigenvalue weighted by atomic mass is 32.2. The van der Waals surface area contributed by atoms with Crippen LogP contribution in [0.2, 0.25) is 0 Å². The summed E-state index contributed by atoms with van der Waals surface area (Å²) in [5, 5.41) is 11.4. The van der Waals surface area contributed by atoms with Gasteiger partial charge in [0, 0.05) is 10.6 Å². The average molecular weight is 435 g/mol. The smallest absolute Gasteiger partial charge is 0.283 e. The van der Waals surface area contributed by atoms with Gasteiger partial charge in [0.1, 0.15) is 5.82 Å². The van der Waals surface area contributed by atoms with Gasteiger partial charge >= 0.3 is 0 Å². The number of hydrogen-bond donors (Lipinski definition) is 0. The highest BCUT2D eigenvalue weighted by molar-refractivity contribution is 7.99. The second-order valence-corrected chi connectivity index (χ2v) is 10.6. The number of thioether (sulfide) groups is 1. The first-order valence-corrected chi connectivity index (χ1v) is 12.4. The lowest BCUT2D eigenvalue weighted by Gasteiger charge is -2.25. The van der Waals surface area contributed by atoms with Crippen LogP contribution in [0, 0.1) is 23.1 Å². The van der Waals surface area contributed by atoms with Gasteiger partial charge in [-0.1, -0.05) is 74.5 Å². The molecule has 0 heterocycles. The molecule has 1 radical (unpaired) electrons. The van der Waals surface area contributed by atoms with Crippen molar-refractivity contribution in [2.24, 2.45) is 5.92 Å². The van der Waals surface area contributed by atoms with E-state index in [1.807, 2.05) is 42.5 Å². The van der Waals surface area contributed by atoms with Crippen molar-refractivity contribution in [3.8, 4) is 6.07 Å². The molecule has 0 saturated heterocycles. The standard InChI is InChI=1S/C25H25FNOSSi/c1-19(2)15-21(18-29-25-14-13-20(17-27)16-24(25)26)28-30(22-9-5-3-6-10-22)23-11-7-4-8-12-23/h3-14,16,19,21H,15,18H2,1-2H3. The molecule has 2 nitrogen and oxygen atoms in total. The highest BCUT2D eigenvalue weighted by Gasteiger charge is 2.24. The van der Waals surface area contributed by atoms with Gasteiger partial charge in [-0.25, -0.2) is 4.39 Å². The van der Waals surface area contributed by atoms with E-state index in [1.165, 1.54) is 28.2 Å². The van der Waals surface area contributed by atoms with Crippen LogP contribution in [0.3, 0.4) is 0 Å². The summed E-state index contributed by atoms with van der Waals surface area (Å²) in [6.07, 6.45) is 0.901. The largest absolute Gasteiger partial charge is 0.403 e. The van der Waals surface area contributed by atoms with Gasteiger partial charge in [-0.3, -0.25) is 0 Å². The van der Waals surface area contributed by atoms with Gasteiger partial charge in [0.2, 0.25) is 0 Å². The van der Waals surface area contributed by atoms with Gasteiger partial charge in [0.15, 0.2) is 0 Å². The molecule has 0 N–H and O–H groups in total. The third-order valence-electron chi connectivity index (χ3n) is 4.58. The number of nitriles is 1. The van der Waals surface area contributed by atoms with E-state index < -0.39 is 9.04 Å². The van der Waals surface area contributed by atoms with E-state index in [-0.39, 0.29) is 11.9 Å². The molecule has 0 amide bonds. The third-order valence-corrected chi connectivity index (χ3v) is 8.04. The number of nitrogens with zero attached hydrogens (tertiary/aromatic N) is 1. The molecule has 0 aromatic heterocycles. The molecule has 0 fully saturated rings. The predicted molar refractivity (Wildman–Crippen MR) is 124 cm³/mol. The van der Waals surface area contributed by atoms with Crippen molar-refractivity contribution in [2.45, 2.75) is 31.3 Å². The predicted octanol–water partition coefficient (Wildman–Crippen LogP) is 5.03. The number of hydrogen-bond acceptors (Lipinski definition) is 3. The van der Waals surface area contributed by atoms with E-state index in [4.69, 9.17) is 9.69 Å². The molecule has 3 aromatic carbocycles. The van der Waals surface area contributed by atoms with E-state index >= 15 is 0 Å². The molecule has 0 aliphatic heterocycles. The SMILES string of the molecule is CC(C)CC(CSc1ccc(C#N)cc1F)O[Si](c1ccccc1)c1ccccc1. The van der Waals surface area contributed by atoms with Crippen molar-refractivity contribution < 1.29 is 8.82 Å². The van der Waals surface area contributed by atoms with Crippen LogP contribution in [0.15, 0.2) is 83.8 Å². The molecule has 0 aliphatic carbocycles. The van der Waals surface area contributed by atoms with Crippen molar-refractivity contribution in [3.05, 3.63) is 90.2 Å². The zero-order valence-corrected chi connectivity index (χ0v) is 19.0. The Balaban J connectivity index is 1.80. The van der Waals surface area contributed by atoms with Crippen LogP contribution in [-0.4, -0.2) is 20.9 Å². The molecule has 0 spiro atoms. The minimum Gasteiger partial charge on any atom is -0.403 e. The first kappa shape index (κ1) is 22.3. The van der Waals surface area contributed by atoms with Gasteiger partial charge in [-0.05, 0) is 40.9 Å². The lowest BCUT2D eigenvalue weighted by Crippen LogP contribution is -2.47. The van der Waals surface area contributed by atoms with Crippen LogP contribution in [0.1, 0.15) is 25.8 Å². The monoisotopic (exact) mass is 434 g/mol. The molecule has 0 aliphatic rings. The molecule has 1 unspecified atom stereocenters. The number of rotatable bonds is 9. The summed E-state index contributed by atoms with van der Waals surface area (Å²) >= 11 is 1.46.